The quantitative estimate of drug-likeness (QED) is 0.388. The van der Waals surface area contributed by atoms with Crippen molar-refractivity contribution in [2.45, 2.75) is 19.6 Å². The smallest absolute Gasteiger partial charge is 0.421 e. The van der Waals surface area contributed by atoms with Gasteiger partial charge in [0.05, 0.1) is 18.5 Å². The third kappa shape index (κ3) is 6.22. The Morgan fingerprint density at radius 2 is 1.94 bits per heavy atom. The number of aromatic nitrogens is 2. The van der Waals surface area contributed by atoms with Crippen molar-refractivity contribution in [3.8, 4) is 5.75 Å². The van der Waals surface area contributed by atoms with Gasteiger partial charge in [-0.3, -0.25) is 9.10 Å². The lowest BCUT2D eigenvalue weighted by Gasteiger charge is -2.21. The van der Waals surface area contributed by atoms with Crippen LogP contribution in [-0.4, -0.2) is 40.5 Å². The molecule has 1 heterocycles. The van der Waals surface area contributed by atoms with Crippen molar-refractivity contribution < 1.29 is 26.9 Å². The maximum Gasteiger partial charge on any atom is 0.421 e. The molecular formula is C23H25F3N6O3S. The molecule has 1 aromatic heterocycles. The third-order valence-corrected chi connectivity index (χ3v) is 6.21. The van der Waals surface area contributed by atoms with Gasteiger partial charge < -0.3 is 21.1 Å². The summed E-state index contributed by atoms with van der Waals surface area (Å²) in [6.07, 6.45) is -2.53. The molecule has 192 valence electrons. The molecule has 0 radical (unpaired) electrons. The maximum atomic E-state index is 13.7. The molecule has 0 bridgehead atoms. The summed E-state index contributed by atoms with van der Waals surface area (Å²) in [5.41, 5.74) is 6.89. The van der Waals surface area contributed by atoms with Gasteiger partial charge in [0, 0.05) is 31.6 Å². The van der Waals surface area contributed by atoms with E-state index in [1.54, 1.807) is 19.2 Å². The zero-order valence-corrected chi connectivity index (χ0v) is 20.8. The molecule has 0 aliphatic carbocycles. The van der Waals surface area contributed by atoms with Crippen LogP contribution in [0.3, 0.4) is 0 Å². The van der Waals surface area contributed by atoms with Crippen LogP contribution in [0.5, 0.6) is 5.75 Å². The molecule has 1 amide bonds. The second-order valence-electron chi connectivity index (χ2n) is 7.76. The van der Waals surface area contributed by atoms with Crippen molar-refractivity contribution in [2.75, 3.05) is 35.4 Å². The molecule has 0 fully saturated rings. The second kappa shape index (κ2) is 10.8. The van der Waals surface area contributed by atoms with Crippen molar-refractivity contribution >= 4 is 40.0 Å². The van der Waals surface area contributed by atoms with Crippen LogP contribution in [0.2, 0.25) is 0 Å². The summed E-state index contributed by atoms with van der Waals surface area (Å²) < 4.78 is 59.8. The number of nitrogens with zero attached hydrogens (tertiary/aromatic N) is 3. The number of anilines is 4. The van der Waals surface area contributed by atoms with E-state index in [2.05, 4.69) is 20.6 Å². The second-order valence-corrected chi connectivity index (χ2v) is 9.16. The molecular weight excluding hydrogens is 497 g/mol. The summed E-state index contributed by atoms with van der Waals surface area (Å²) >= 11 is 0. The molecule has 36 heavy (non-hydrogen) atoms. The number of benzene rings is 2. The van der Waals surface area contributed by atoms with E-state index in [-0.39, 0.29) is 23.8 Å². The van der Waals surface area contributed by atoms with Crippen LogP contribution < -0.4 is 25.4 Å². The van der Waals surface area contributed by atoms with Gasteiger partial charge in [0.25, 0.3) is 0 Å². The molecule has 0 saturated heterocycles. The molecule has 13 heteroatoms. The number of primary amides is 1. The minimum absolute atomic E-state index is 0.0205. The highest BCUT2D eigenvalue weighted by molar-refractivity contribution is 7.85. The molecule has 0 aliphatic heterocycles. The lowest BCUT2D eigenvalue weighted by Crippen LogP contribution is -2.21. The number of alkyl halides is 3. The van der Waals surface area contributed by atoms with Gasteiger partial charge in [-0.1, -0.05) is 12.1 Å². The molecule has 4 N–H and O–H groups in total. The van der Waals surface area contributed by atoms with Crippen LogP contribution in [0.1, 0.15) is 27.0 Å². The molecule has 1 unspecified atom stereocenters. The van der Waals surface area contributed by atoms with E-state index in [4.69, 9.17) is 10.5 Å². The number of hydrogen-bond donors (Lipinski definition) is 3. The molecule has 1 atom stereocenters. The van der Waals surface area contributed by atoms with E-state index < -0.39 is 34.5 Å². The highest BCUT2D eigenvalue weighted by Gasteiger charge is 2.35. The Bertz CT molecular complexity index is 1300. The van der Waals surface area contributed by atoms with Crippen molar-refractivity contribution in [1.82, 2.24) is 9.97 Å². The summed E-state index contributed by atoms with van der Waals surface area (Å²) in [4.78, 5) is 19.2. The first-order chi connectivity index (χ1) is 16.9. The summed E-state index contributed by atoms with van der Waals surface area (Å²) in [6, 6.07) is 9.67. The first-order valence-electron chi connectivity index (χ1n) is 10.5. The normalized spacial score (nSPS) is 12.1. The summed E-state index contributed by atoms with van der Waals surface area (Å²) in [5, 5.41) is 5.54. The monoisotopic (exact) mass is 522 g/mol. The Hall–Kier alpha value is -3.87. The third-order valence-electron chi connectivity index (χ3n) is 5.24. The van der Waals surface area contributed by atoms with E-state index in [9.17, 15) is 22.2 Å². The lowest BCUT2D eigenvalue weighted by molar-refractivity contribution is -0.137. The van der Waals surface area contributed by atoms with E-state index in [0.717, 1.165) is 5.56 Å². The van der Waals surface area contributed by atoms with Crippen LogP contribution in [0.25, 0.3) is 0 Å². The van der Waals surface area contributed by atoms with E-state index in [1.807, 2.05) is 13.0 Å². The number of amides is 1. The van der Waals surface area contributed by atoms with Gasteiger partial charge in [0.2, 0.25) is 11.9 Å². The molecule has 0 aliphatic rings. The number of hydrogen-bond acceptors (Lipinski definition) is 7. The first-order valence-corrected chi connectivity index (χ1v) is 12.0. The zero-order valence-electron chi connectivity index (χ0n) is 19.9. The fraction of sp³-hybridized carbons (Fsp3) is 0.261. The minimum atomic E-state index is -4.71. The molecule has 2 aromatic carbocycles. The predicted molar refractivity (Wildman–Crippen MR) is 133 cm³/mol. The van der Waals surface area contributed by atoms with Gasteiger partial charge in [0.1, 0.15) is 28.1 Å². The lowest BCUT2D eigenvalue weighted by atomic mass is 10.1. The van der Waals surface area contributed by atoms with Gasteiger partial charge in [-0.05, 0) is 42.3 Å². The predicted octanol–water partition coefficient (Wildman–Crippen LogP) is 4.00. The fourth-order valence-corrected chi connectivity index (χ4v) is 3.73. The number of aryl methyl sites for hydroxylation is 1. The highest BCUT2D eigenvalue weighted by atomic mass is 32.2. The van der Waals surface area contributed by atoms with E-state index in [1.165, 1.54) is 35.9 Å². The number of halogens is 3. The van der Waals surface area contributed by atoms with Crippen LogP contribution >= 0.6 is 0 Å². The van der Waals surface area contributed by atoms with Crippen LogP contribution in [0.15, 0.2) is 42.6 Å². The van der Waals surface area contributed by atoms with Crippen LogP contribution in [0, 0.1) is 6.92 Å². The van der Waals surface area contributed by atoms with Gasteiger partial charge in [-0.2, -0.15) is 18.2 Å². The van der Waals surface area contributed by atoms with E-state index in [0.29, 0.717) is 23.1 Å². The van der Waals surface area contributed by atoms with Crippen molar-refractivity contribution in [3.05, 3.63) is 64.8 Å². The number of nitrogens with two attached hydrogens (primary N) is 1. The molecule has 9 nitrogen and oxygen atoms in total. The Balaban J connectivity index is 1.95. The van der Waals surface area contributed by atoms with E-state index >= 15 is 0 Å². The van der Waals surface area contributed by atoms with Gasteiger partial charge in [0.15, 0.2) is 0 Å². The van der Waals surface area contributed by atoms with Gasteiger partial charge >= 0.3 is 6.18 Å². The molecule has 0 spiro atoms. The average Bonchev–Trinajstić information content (AvgIpc) is 2.82. The zero-order chi connectivity index (χ0) is 26.6. The summed E-state index contributed by atoms with van der Waals surface area (Å²) in [6.45, 7) is 1.84. The number of nitrogens with one attached hydrogen (secondary N) is 2. The number of rotatable bonds is 9. The minimum Gasteiger partial charge on any atom is -0.495 e. The van der Waals surface area contributed by atoms with Gasteiger partial charge in [-0.15, -0.1) is 0 Å². The number of ether oxygens (including phenoxy) is 1. The number of methoxy groups -OCH3 is 1. The van der Waals surface area contributed by atoms with Crippen molar-refractivity contribution in [1.29, 1.82) is 0 Å². The van der Waals surface area contributed by atoms with Gasteiger partial charge in [-0.25, -0.2) is 9.19 Å². The van der Waals surface area contributed by atoms with Crippen LogP contribution in [0.4, 0.5) is 36.3 Å². The number of carbonyl (C=O) groups excluding carboxylic acids is 1. The summed E-state index contributed by atoms with van der Waals surface area (Å²) in [5.74, 6) is -1.01. The van der Waals surface area contributed by atoms with Crippen LogP contribution in [-0.2, 0) is 23.7 Å². The van der Waals surface area contributed by atoms with Crippen molar-refractivity contribution in [3.63, 3.8) is 0 Å². The van der Waals surface area contributed by atoms with Crippen molar-refractivity contribution in [2.24, 2.45) is 5.73 Å². The summed E-state index contributed by atoms with van der Waals surface area (Å²) in [7, 11) is 1.67. The molecule has 0 saturated carbocycles. The largest absolute Gasteiger partial charge is 0.495 e. The Kier molecular flexibility index (Phi) is 8.03. The fourth-order valence-electron chi connectivity index (χ4n) is 3.29. The molecule has 3 aromatic rings. The Labute approximate surface area is 208 Å². The number of carbonyl (C=O) groups is 1. The Morgan fingerprint density at radius 3 is 2.56 bits per heavy atom. The molecule has 3 rings (SSSR count). The Morgan fingerprint density at radius 1 is 1.22 bits per heavy atom. The SMILES string of the molecule is COc1cc(C(N)=O)ccc1Nc1ncc(C(F)(F)F)c(NCc2ccc(C)cc2N(C)S(C)=O)n1. The average molecular weight is 523 g/mol. The maximum absolute atomic E-state index is 13.7. The topological polar surface area (TPSA) is 122 Å². The highest BCUT2D eigenvalue weighted by Crippen LogP contribution is 2.35. The standard InChI is InChI=1S/C23H25F3N6O3S/c1-13-5-6-15(18(9-13)32(2)36(4)34)11-28-21-16(23(24,25)26)12-29-22(31-21)30-17-8-7-14(20(27)33)10-19(17)35-3/h5-10,12H,11H2,1-4H3,(H2,27,33)(H2,28,29,30,31). The first kappa shape index (κ1) is 26.7.